The summed E-state index contributed by atoms with van der Waals surface area (Å²) in [6.07, 6.45) is 4.19. The summed E-state index contributed by atoms with van der Waals surface area (Å²) in [6.45, 7) is 2.98. The first-order chi connectivity index (χ1) is 7.18. The molecule has 1 amide bonds. The predicted octanol–water partition coefficient (Wildman–Crippen LogP) is 1.22. The molecule has 4 heteroatoms. The highest BCUT2D eigenvalue weighted by Crippen LogP contribution is 2.29. The van der Waals surface area contributed by atoms with Gasteiger partial charge in [0.15, 0.2) is 0 Å². The van der Waals surface area contributed by atoms with E-state index >= 15 is 0 Å². The van der Waals surface area contributed by atoms with E-state index in [0.717, 1.165) is 31.6 Å². The molecular weight excluding hydrogens is 208 g/mol. The molecule has 0 aromatic carbocycles. The summed E-state index contributed by atoms with van der Waals surface area (Å²) < 4.78 is 0. The monoisotopic (exact) mass is 228 g/mol. The summed E-state index contributed by atoms with van der Waals surface area (Å²) in [5.74, 6) is 1.51. The van der Waals surface area contributed by atoms with Crippen LogP contribution in [0.15, 0.2) is 0 Å². The zero-order chi connectivity index (χ0) is 10.8. The quantitative estimate of drug-likeness (QED) is 0.734. The van der Waals surface area contributed by atoms with Crippen LogP contribution in [-0.4, -0.2) is 40.4 Å². The molecule has 0 aromatic heterocycles. The Balaban J connectivity index is 1.94. The van der Waals surface area contributed by atoms with Crippen molar-refractivity contribution in [3.05, 3.63) is 0 Å². The molecule has 2 saturated heterocycles. The smallest absolute Gasteiger partial charge is 0.235 e. The van der Waals surface area contributed by atoms with Gasteiger partial charge in [-0.2, -0.15) is 0 Å². The molecule has 2 N–H and O–H groups in total. The Kier molecular flexibility index (Phi) is 3.57. The van der Waals surface area contributed by atoms with Crippen molar-refractivity contribution in [1.29, 1.82) is 0 Å². The molecule has 0 bridgehead atoms. The maximum absolute atomic E-state index is 12.2. The molecule has 0 saturated carbocycles. The third kappa shape index (κ3) is 2.48. The van der Waals surface area contributed by atoms with Crippen molar-refractivity contribution in [3.8, 4) is 0 Å². The van der Waals surface area contributed by atoms with Crippen molar-refractivity contribution in [2.24, 2.45) is 5.73 Å². The summed E-state index contributed by atoms with van der Waals surface area (Å²) in [5, 5.41) is 0.238. The van der Waals surface area contributed by atoms with E-state index in [9.17, 15) is 4.79 Å². The van der Waals surface area contributed by atoms with E-state index < -0.39 is 0 Å². The zero-order valence-corrected chi connectivity index (χ0v) is 10.1. The van der Waals surface area contributed by atoms with Gasteiger partial charge in [0.1, 0.15) is 0 Å². The number of hydrogen-bond donors (Lipinski definition) is 1. The standard InChI is InChI=1S/C11H20N2OS/c1-8-7-9(12)4-5-13(8)11(14)10-3-2-6-15-10/h8-10H,2-7,12H2,1H3. The van der Waals surface area contributed by atoms with Gasteiger partial charge in [-0.15, -0.1) is 11.8 Å². The maximum atomic E-state index is 12.2. The second-order valence-corrected chi connectivity index (χ2v) is 5.98. The molecule has 2 fully saturated rings. The molecule has 0 aliphatic carbocycles. The predicted molar refractivity (Wildman–Crippen MR) is 63.9 cm³/mol. The van der Waals surface area contributed by atoms with Crippen molar-refractivity contribution in [1.82, 2.24) is 4.90 Å². The Bertz CT molecular complexity index is 241. The van der Waals surface area contributed by atoms with Gasteiger partial charge in [0.2, 0.25) is 5.91 Å². The lowest BCUT2D eigenvalue weighted by molar-refractivity contribution is -0.134. The van der Waals surface area contributed by atoms with Crippen molar-refractivity contribution in [3.63, 3.8) is 0 Å². The van der Waals surface area contributed by atoms with Crippen LogP contribution in [0.1, 0.15) is 32.6 Å². The molecule has 3 unspecified atom stereocenters. The number of nitrogens with two attached hydrogens (primary N) is 1. The molecular formula is C11H20N2OS. The molecule has 2 aliphatic rings. The first-order valence-corrected chi connectivity index (χ1v) is 6.91. The lowest BCUT2D eigenvalue weighted by Crippen LogP contribution is -2.50. The molecule has 0 spiro atoms. The molecule has 2 rings (SSSR count). The van der Waals surface area contributed by atoms with Crippen molar-refractivity contribution in [2.75, 3.05) is 12.3 Å². The average molecular weight is 228 g/mol. The van der Waals surface area contributed by atoms with Crippen LogP contribution in [0, 0.1) is 0 Å². The summed E-state index contributed by atoms with van der Waals surface area (Å²) in [7, 11) is 0. The normalized spacial score (nSPS) is 36.9. The van der Waals surface area contributed by atoms with Crippen LogP contribution >= 0.6 is 11.8 Å². The van der Waals surface area contributed by atoms with Crippen LogP contribution in [0.4, 0.5) is 0 Å². The number of amides is 1. The molecule has 3 nitrogen and oxygen atoms in total. The van der Waals surface area contributed by atoms with Crippen LogP contribution in [0.2, 0.25) is 0 Å². The van der Waals surface area contributed by atoms with Gasteiger partial charge in [-0.25, -0.2) is 0 Å². The van der Waals surface area contributed by atoms with Crippen LogP contribution in [-0.2, 0) is 4.79 Å². The molecule has 2 heterocycles. The lowest BCUT2D eigenvalue weighted by atomic mass is 9.98. The minimum absolute atomic E-state index is 0.238. The number of carbonyl (C=O) groups is 1. The summed E-state index contributed by atoms with van der Waals surface area (Å²) in [5.41, 5.74) is 5.90. The number of thioether (sulfide) groups is 1. The summed E-state index contributed by atoms with van der Waals surface area (Å²) in [6, 6.07) is 0.628. The van der Waals surface area contributed by atoms with E-state index in [2.05, 4.69) is 6.92 Å². The molecule has 3 atom stereocenters. The summed E-state index contributed by atoms with van der Waals surface area (Å²) >= 11 is 1.82. The Morgan fingerprint density at radius 1 is 1.47 bits per heavy atom. The van der Waals surface area contributed by atoms with Crippen molar-refractivity contribution in [2.45, 2.75) is 49.9 Å². The Hall–Kier alpha value is -0.220. The second kappa shape index (κ2) is 4.74. The number of likely N-dealkylation sites (tertiary alicyclic amines) is 1. The van der Waals surface area contributed by atoms with Gasteiger partial charge in [-0.1, -0.05) is 0 Å². The third-order valence-corrected chi connectivity index (χ3v) is 4.77. The fourth-order valence-electron chi connectivity index (χ4n) is 2.49. The van der Waals surface area contributed by atoms with Gasteiger partial charge in [0, 0.05) is 18.6 Å². The summed E-state index contributed by atoms with van der Waals surface area (Å²) in [4.78, 5) is 14.2. The van der Waals surface area contributed by atoms with E-state index in [1.54, 1.807) is 0 Å². The molecule has 2 aliphatic heterocycles. The minimum atomic E-state index is 0.238. The minimum Gasteiger partial charge on any atom is -0.339 e. The average Bonchev–Trinajstić information content (AvgIpc) is 2.69. The first-order valence-electron chi connectivity index (χ1n) is 5.86. The number of hydrogen-bond acceptors (Lipinski definition) is 3. The number of nitrogens with zero attached hydrogens (tertiary/aromatic N) is 1. The van der Waals surface area contributed by atoms with E-state index in [-0.39, 0.29) is 5.25 Å². The highest BCUT2D eigenvalue weighted by molar-refractivity contribution is 8.00. The molecule has 15 heavy (non-hydrogen) atoms. The first kappa shape index (κ1) is 11.3. The van der Waals surface area contributed by atoms with E-state index in [4.69, 9.17) is 5.73 Å². The largest absolute Gasteiger partial charge is 0.339 e. The second-order valence-electron chi connectivity index (χ2n) is 4.67. The third-order valence-electron chi connectivity index (χ3n) is 3.40. The number of carbonyl (C=O) groups excluding carboxylic acids is 1. The zero-order valence-electron chi connectivity index (χ0n) is 9.32. The van der Waals surface area contributed by atoms with E-state index in [1.165, 1.54) is 6.42 Å². The molecule has 0 aromatic rings. The van der Waals surface area contributed by atoms with Crippen LogP contribution in [0.3, 0.4) is 0 Å². The maximum Gasteiger partial charge on any atom is 0.235 e. The topological polar surface area (TPSA) is 46.3 Å². The lowest BCUT2D eigenvalue weighted by Gasteiger charge is -2.37. The van der Waals surface area contributed by atoms with Crippen molar-refractivity contribution >= 4 is 17.7 Å². The van der Waals surface area contributed by atoms with Crippen LogP contribution in [0.25, 0.3) is 0 Å². The van der Waals surface area contributed by atoms with Gasteiger partial charge in [-0.3, -0.25) is 4.79 Å². The van der Waals surface area contributed by atoms with Gasteiger partial charge in [-0.05, 0) is 38.4 Å². The Morgan fingerprint density at radius 3 is 2.87 bits per heavy atom. The van der Waals surface area contributed by atoms with Crippen LogP contribution < -0.4 is 5.73 Å². The van der Waals surface area contributed by atoms with Gasteiger partial charge < -0.3 is 10.6 Å². The highest BCUT2D eigenvalue weighted by atomic mass is 32.2. The Morgan fingerprint density at radius 2 is 2.27 bits per heavy atom. The highest BCUT2D eigenvalue weighted by Gasteiger charge is 2.33. The molecule has 0 radical (unpaired) electrons. The fraction of sp³-hybridized carbons (Fsp3) is 0.909. The van der Waals surface area contributed by atoms with Gasteiger partial charge in [0.05, 0.1) is 5.25 Å². The number of rotatable bonds is 1. The van der Waals surface area contributed by atoms with E-state index in [0.29, 0.717) is 18.0 Å². The van der Waals surface area contributed by atoms with Gasteiger partial charge >= 0.3 is 0 Å². The molecule has 86 valence electrons. The van der Waals surface area contributed by atoms with Crippen LogP contribution in [0.5, 0.6) is 0 Å². The fourth-order valence-corrected chi connectivity index (χ4v) is 3.72. The van der Waals surface area contributed by atoms with Gasteiger partial charge in [0.25, 0.3) is 0 Å². The number of piperidine rings is 1. The Labute approximate surface area is 95.8 Å². The van der Waals surface area contributed by atoms with Crippen molar-refractivity contribution < 1.29 is 4.79 Å². The SMILES string of the molecule is CC1CC(N)CCN1C(=O)C1CCCS1. The van der Waals surface area contributed by atoms with E-state index in [1.807, 2.05) is 16.7 Å².